The van der Waals surface area contributed by atoms with Gasteiger partial charge in [0.05, 0.1) is 11.6 Å². The summed E-state index contributed by atoms with van der Waals surface area (Å²) in [5.74, 6) is 0.111. The minimum absolute atomic E-state index is 0.130. The van der Waals surface area contributed by atoms with Gasteiger partial charge in [-0.05, 0) is 25.0 Å². The fraction of sp³-hybridized carbons (Fsp3) is 0.300. The Morgan fingerprint density at radius 2 is 2.07 bits per heavy atom. The molecule has 72 valence electrons. The number of nitrogens with two attached hydrogens (primary N) is 1. The summed E-state index contributed by atoms with van der Waals surface area (Å²) in [5.41, 5.74) is 5.51. The Balaban J connectivity index is 0.000000146. The molecule has 1 amide bonds. The zero-order valence-electron chi connectivity index (χ0n) is 7.68. The summed E-state index contributed by atoms with van der Waals surface area (Å²) in [6.45, 7) is 0. The minimum Gasteiger partial charge on any atom is -0.369 e. The smallest absolute Gasteiger partial charge is 0.220 e. The third kappa shape index (κ3) is 3.68. The Morgan fingerprint density at radius 3 is 2.29 bits per heavy atom. The van der Waals surface area contributed by atoms with Gasteiger partial charge in [0.2, 0.25) is 5.91 Å². The second-order valence-corrected chi connectivity index (χ2v) is 3.02. The number of rotatable bonds is 1. The first-order valence-corrected chi connectivity index (χ1v) is 4.33. The standard InChI is InChI=1S/C6H4N2.C4H7NO/c7-5-6-1-3-8-4-2-6;5-4(6)3-1-2-3/h1-4H;3H,1-2H2,(H2,5,6). The molecule has 1 heterocycles. The molecule has 4 nitrogen and oxygen atoms in total. The van der Waals surface area contributed by atoms with Gasteiger partial charge in [-0.2, -0.15) is 5.26 Å². The number of nitrogens with zero attached hydrogens (tertiary/aromatic N) is 2. The first-order valence-electron chi connectivity index (χ1n) is 4.33. The first kappa shape index (κ1) is 10.2. The van der Waals surface area contributed by atoms with Crippen LogP contribution in [0.1, 0.15) is 18.4 Å². The van der Waals surface area contributed by atoms with E-state index in [0.717, 1.165) is 12.8 Å². The third-order valence-corrected chi connectivity index (χ3v) is 1.79. The van der Waals surface area contributed by atoms with Crippen LogP contribution in [0.4, 0.5) is 0 Å². The van der Waals surface area contributed by atoms with Crippen molar-refractivity contribution in [2.24, 2.45) is 11.7 Å². The predicted octanol–water partition coefficient (Wildman–Crippen LogP) is 0.835. The van der Waals surface area contributed by atoms with Crippen molar-refractivity contribution in [2.45, 2.75) is 12.8 Å². The Hall–Kier alpha value is -1.89. The maximum absolute atomic E-state index is 9.98. The van der Waals surface area contributed by atoms with Crippen LogP contribution in [0.2, 0.25) is 0 Å². The summed E-state index contributed by atoms with van der Waals surface area (Å²) < 4.78 is 0. The van der Waals surface area contributed by atoms with Crippen molar-refractivity contribution in [3.8, 4) is 6.07 Å². The van der Waals surface area contributed by atoms with Gasteiger partial charge >= 0.3 is 0 Å². The highest BCUT2D eigenvalue weighted by Gasteiger charge is 2.26. The first-order chi connectivity index (χ1) is 6.74. The molecule has 2 rings (SSSR count). The van der Waals surface area contributed by atoms with Gasteiger partial charge in [-0.3, -0.25) is 9.78 Å². The highest BCUT2D eigenvalue weighted by Crippen LogP contribution is 2.27. The Labute approximate surface area is 82.4 Å². The summed E-state index contributed by atoms with van der Waals surface area (Å²) in [6.07, 6.45) is 5.24. The van der Waals surface area contributed by atoms with E-state index in [1.54, 1.807) is 24.5 Å². The van der Waals surface area contributed by atoms with Crippen LogP contribution in [0, 0.1) is 17.2 Å². The van der Waals surface area contributed by atoms with E-state index in [1.807, 2.05) is 6.07 Å². The fourth-order valence-electron chi connectivity index (χ4n) is 0.794. The van der Waals surface area contributed by atoms with Crippen molar-refractivity contribution in [3.63, 3.8) is 0 Å². The second kappa shape index (κ2) is 4.97. The molecule has 0 radical (unpaired) electrons. The van der Waals surface area contributed by atoms with Gasteiger partial charge in [-0.1, -0.05) is 0 Å². The maximum atomic E-state index is 9.98. The van der Waals surface area contributed by atoms with Crippen LogP contribution < -0.4 is 5.73 Å². The molecule has 14 heavy (non-hydrogen) atoms. The highest BCUT2D eigenvalue weighted by molar-refractivity contribution is 5.78. The van der Waals surface area contributed by atoms with Crippen molar-refractivity contribution in [1.82, 2.24) is 4.98 Å². The van der Waals surface area contributed by atoms with Crippen molar-refractivity contribution in [2.75, 3.05) is 0 Å². The van der Waals surface area contributed by atoms with E-state index >= 15 is 0 Å². The van der Waals surface area contributed by atoms with Gasteiger partial charge in [0.15, 0.2) is 0 Å². The van der Waals surface area contributed by atoms with E-state index in [0.29, 0.717) is 5.56 Å². The van der Waals surface area contributed by atoms with E-state index in [2.05, 4.69) is 4.98 Å². The summed E-state index contributed by atoms with van der Waals surface area (Å²) >= 11 is 0. The van der Waals surface area contributed by atoms with Crippen LogP contribution in [0.3, 0.4) is 0 Å². The van der Waals surface area contributed by atoms with Crippen LogP contribution >= 0.6 is 0 Å². The molecule has 0 aliphatic heterocycles. The normalized spacial score (nSPS) is 13.4. The molecule has 2 N–H and O–H groups in total. The Kier molecular flexibility index (Phi) is 3.62. The number of nitriles is 1. The van der Waals surface area contributed by atoms with Gasteiger partial charge in [0, 0.05) is 18.3 Å². The SMILES string of the molecule is N#Cc1ccncc1.NC(=O)C1CC1. The molecule has 1 aliphatic rings. The average molecular weight is 189 g/mol. The lowest BCUT2D eigenvalue weighted by Gasteiger charge is -1.79. The molecule has 0 unspecified atom stereocenters. The number of aromatic nitrogens is 1. The van der Waals surface area contributed by atoms with Crippen molar-refractivity contribution < 1.29 is 4.79 Å². The lowest BCUT2D eigenvalue weighted by Crippen LogP contribution is -2.11. The van der Waals surface area contributed by atoms with E-state index in [9.17, 15) is 4.79 Å². The largest absolute Gasteiger partial charge is 0.369 e. The molecule has 4 heteroatoms. The van der Waals surface area contributed by atoms with E-state index in [1.165, 1.54) is 0 Å². The summed E-state index contributed by atoms with van der Waals surface area (Å²) in [5, 5.41) is 8.26. The summed E-state index contributed by atoms with van der Waals surface area (Å²) in [6, 6.07) is 5.32. The maximum Gasteiger partial charge on any atom is 0.220 e. The highest BCUT2D eigenvalue weighted by atomic mass is 16.1. The van der Waals surface area contributed by atoms with Crippen LogP contribution in [0.15, 0.2) is 24.5 Å². The van der Waals surface area contributed by atoms with Crippen LogP contribution in [0.5, 0.6) is 0 Å². The predicted molar refractivity (Wildman–Crippen MR) is 50.9 cm³/mol. The average Bonchev–Trinajstić information content (AvgIpc) is 3.03. The van der Waals surface area contributed by atoms with Gasteiger partial charge in [-0.25, -0.2) is 0 Å². The van der Waals surface area contributed by atoms with Crippen molar-refractivity contribution >= 4 is 5.91 Å². The number of amides is 1. The van der Waals surface area contributed by atoms with Crippen LogP contribution in [-0.2, 0) is 4.79 Å². The van der Waals surface area contributed by atoms with Gasteiger partial charge in [0.25, 0.3) is 0 Å². The number of carbonyl (C=O) groups is 1. The van der Waals surface area contributed by atoms with Gasteiger partial charge in [0.1, 0.15) is 0 Å². The van der Waals surface area contributed by atoms with E-state index in [-0.39, 0.29) is 11.8 Å². The Morgan fingerprint density at radius 1 is 1.50 bits per heavy atom. The summed E-state index contributed by atoms with van der Waals surface area (Å²) in [4.78, 5) is 13.7. The number of hydrogen-bond donors (Lipinski definition) is 1. The molecule has 0 bridgehead atoms. The topological polar surface area (TPSA) is 79.8 Å². The van der Waals surface area contributed by atoms with Crippen LogP contribution in [-0.4, -0.2) is 10.9 Å². The lowest BCUT2D eigenvalue weighted by atomic mass is 10.3. The molecular weight excluding hydrogens is 178 g/mol. The molecule has 1 aromatic heterocycles. The number of carbonyl (C=O) groups excluding carboxylic acids is 1. The molecule has 1 saturated carbocycles. The van der Waals surface area contributed by atoms with Crippen LogP contribution in [0.25, 0.3) is 0 Å². The molecule has 1 aliphatic carbocycles. The number of pyridine rings is 1. The van der Waals surface area contributed by atoms with Gasteiger partial charge in [-0.15, -0.1) is 0 Å². The monoisotopic (exact) mass is 189 g/mol. The molecule has 0 atom stereocenters. The Bertz CT molecular complexity index is 338. The van der Waals surface area contributed by atoms with E-state index in [4.69, 9.17) is 11.0 Å². The third-order valence-electron chi connectivity index (χ3n) is 1.79. The van der Waals surface area contributed by atoms with Crippen molar-refractivity contribution in [1.29, 1.82) is 5.26 Å². The molecule has 1 aromatic rings. The van der Waals surface area contributed by atoms with Gasteiger partial charge < -0.3 is 5.73 Å². The lowest BCUT2D eigenvalue weighted by molar-refractivity contribution is -0.119. The molecule has 1 fully saturated rings. The molecule has 0 aromatic carbocycles. The number of hydrogen-bond acceptors (Lipinski definition) is 3. The minimum atomic E-state index is -0.130. The zero-order valence-corrected chi connectivity index (χ0v) is 7.68. The fourth-order valence-corrected chi connectivity index (χ4v) is 0.794. The summed E-state index contributed by atoms with van der Waals surface area (Å²) in [7, 11) is 0. The molecule has 0 saturated heterocycles. The number of primary amides is 1. The molecule has 0 spiro atoms. The molecular formula is C10H11N3O. The zero-order chi connectivity index (χ0) is 10.4. The van der Waals surface area contributed by atoms with E-state index < -0.39 is 0 Å². The second-order valence-electron chi connectivity index (χ2n) is 3.02. The quantitative estimate of drug-likeness (QED) is 0.710. The van der Waals surface area contributed by atoms with Crippen molar-refractivity contribution in [3.05, 3.63) is 30.1 Å².